The molecule has 0 aliphatic carbocycles. The fourth-order valence-electron chi connectivity index (χ4n) is 2.36. The van der Waals surface area contributed by atoms with E-state index in [0.717, 1.165) is 34.3 Å². The second-order valence-electron chi connectivity index (χ2n) is 5.07. The van der Waals surface area contributed by atoms with Crippen LogP contribution in [0, 0.1) is 6.92 Å². The molecule has 0 atom stereocenters. The van der Waals surface area contributed by atoms with Gasteiger partial charge >= 0.3 is 0 Å². The molecule has 0 spiro atoms. The summed E-state index contributed by atoms with van der Waals surface area (Å²) in [7, 11) is -3.57. The van der Waals surface area contributed by atoms with Gasteiger partial charge in [-0.05, 0) is 54.8 Å². The van der Waals surface area contributed by atoms with Gasteiger partial charge in [-0.1, -0.05) is 22.0 Å². The maximum absolute atomic E-state index is 12.4. The summed E-state index contributed by atoms with van der Waals surface area (Å²) in [6.07, 6.45) is 0.939. The maximum Gasteiger partial charge on any atom is 0.261 e. The van der Waals surface area contributed by atoms with E-state index in [0.29, 0.717) is 5.69 Å². The first-order chi connectivity index (χ1) is 9.95. The van der Waals surface area contributed by atoms with Crippen LogP contribution in [0.2, 0.25) is 0 Å². The summed E-state index contributed by atoms with van der Waals surface area (Å²) in [6.45, 7) is 2.78. The van der Waals surface area contributed by atoms with Gasteiger partial charge in [0.15, 0.2) is 0 Å². The van der Waals surface area contributed by atoms with E-state index >= 15 is 0 Å². The number of sulfonamides is 1. The van der Waals surface area contributed by atoms with Crippen LogP contribution in [0.3, 0.4) is 0 Å². The van der Waals surface area contributed by atoms with E-state index < -0.39 is 10.0 Å². The molecule has 0 unspecified atom stereocenters. The van der Waals surface area contributed by atoms with Crippen LogP contribution in [-0.2, 0) is 16.4 Å². The zero-order chi connectivity index (χ0) is 15.0. The van der Waals surface area contributed by atoms with Crippen molar-refractivity contribution in [3.8, 4) is 0 Å². The molecule has 0 fully saturated rings. The molecule has 2 N–H and O–H groups in total. The van der Waals surface area contributed by atoms with Gasteiger partial charge in [-0.2, -0.15) is 0 Å². The standard InChI is InChI=1S/C15H15BrN2O2S/c1-10-8-12(3-5-14(10)16)18-21(19,20)13-4-2-11-6-7-17-15(11)9-13/h2-5,8-9,17-18H,6-7H2,1H3. The number of rotatable bonds is 3. The lowest BCUT2D eigenvalue weighted by Gasteiger charge is -2.10. The third-order valence-electron chi connectivity index (χ3n) is 3.51. The molecule has 3 rings (SSSR count). The van der Waals surface area contributed by atoms with E-state index in [1.165, 1.54) is 0 Å². The SMILES string of the molecule is Cc1cc(NS(=O)(=O)c2ccc3c(c2)NCC3)ccc1Br. The van der Waals surface area contributed by atoms with Crippen molar-refractivity contribution in [2.45, 2.75) is 18.2 Å². The first-order valence-corrected chi connectivity index (χ1v) is 8.89. The summed E-state index contributed by atoms with van der Waals surface area (Å²) >= 11 is 3.40. The zero-order valence-corrected chi connectivity index (χ0v) is 13.9. The van der Waals surface area contributed by atoms with Crippen LogP contribution in [0.5, 0.6) is 0 Å². The molecule has 0 saturated heterocycles. The van der Waals surface area contributed by atoms with Crippen molar-refractivity contribution in [3.05, 3.63) is 52.0 Å². The van der Waals surface area contributed by atoms with Gasteiger partial charge in [-0.3, -0.25) is 4.72 Å². The summed E-state index contributed by atoms with van der Waals surface area (Å²) in [6, 6.07) is 10.6. The molecule has 1 aliphatic heterocycles. The highest BCUT2D eigenvalue weighted by Crippen LogP contribution is 2.27. The summed E-state index contributed by atoms with van der Waals surface area (Å²) in [5.41, 5.74) is 3.60. The van der Waals surface area contributed by atoms with Crippen molar-refractivity contribution in [2.75, 3.05) is 16.6 Å². The van der Waals surface area contributed by atoms with Crippen LogP contribution in [-0.4, -0.2) is 15.0 Å². The van der Waals surface area contributed by atoms with Gasteiger partial charge in [0.25, 0.3) is 10.0 Å². The molecule has 1 heterocycles. The van der Waals surface area contributed by atoms with Crippen molar-refractivity contribution in [1.82, 2.24) is 0 Å². The molecule has 4 nitrogen and oxygen atoms in total. The molecule has 6 heteroatoms. The third-order valence-corrected chi connectivity index (χ3v) is 5.78. The average molecular weight is 367 g/mol. The molecule has 21 heavy (non-hydrogen) atoms. The quantitative estimate of drug-likeness (QED) is 0.873. The predicted molar refractivity (Wildman–Crippen MR) is 88.3 cm³/mol. The first-order valence-electron chi connectivity index (χ1n) is 6.61. The van der Waals surface area contributed by atoms with E-state index in [1.807, 2.05) is 19.1 Å². The lowest BCUT2D eigenvalue weighted by Crippen LogP contribution is -2.13. The predicted octanol–water partition coefficient (Wildman–Crippen LogP) is 3.53. The number of aryl methyl sites for hydroxylation is 1. The molecule has 0 bridgehead atoms. The van der Waals surface area contributed by atoms with E-state index in [9.17, 15) is 8.42 Å². The van der Waals surface area contributed by atoms with Gasteiger partial charge in [-0.25, -0.2) is 8.42 Å². The van der Waals surface area contributed by atoms with Crippen LogP contribution in [0.15, 0.2) is 45.8 Å². The Hall–Kier alpha value is -1.53. The Morgan fingerprint density at radius 2 is 2.00 bits per heavy atom. The van der Waals surface area contributed by atoms with E-state index in [1.54, 1.807) is 24.3 Å². The van der Waals surface area contributed by atoms with Gasteiger partial charge in [-0.15, -0.1) is 0 Å². The van der Waals surface area contributed by atoms with Crippen molar-refractivity contribution in [2.24, 2.45) is 0 Å². The third kappa shape index (κ3) is 2.91. The molecule has 0 saturated carbocycles. The zero-order valence-electron chi connectivity index (χ0n) is 11.5. The van der Waals surface area contributed by atoms with Gasteiger partial charge in [0.2, 0.25) is 0 Å². The second-order valence-corrected chi connectivity index (χ2v) is 7.60. The molecule has 0 aromatic heterocycles. The van der Waals surface area contributed by atoms with E-state index in [4.69, 9.17) is 0 Å². The summed E-state index contributed by atoms with van der Waals surface area (Å²) in [5.74, 6) is 0. The lowest BCUT2D eigenvalue weighted by molar-refractivity contribution is 0.601. The van der Waals surface area contributed by atoms with Crippen molar-refractivity contribution in [3.63, 3.8) is 0 Å². The molecular formula is C15H15BrN2O2S. The Labute approximate surface area is 132 Å². The molecular weight excluding hydrogens is 352 g/mol. The van der Waals surface area contributed by atoms with Gasteiger partial charge in [0, 0.05) is 22.4 Å². The normalized spacial score (nSPS) is 13.6. The Kier molecular flexibility index (Phi) is 3.67. The number of fused-ring (bicyclic) bond motifs is 1. The summed E-state index contributed by atoms with van der Waals surface area (Å²) < 4.78 is 28.5. The number of hydrogen-bond acceptors (Lipinski definition) is 3. The average Bonchev–Trinajstić information content (AvgIpc) is 2.90. The lowest BCUT2D eigenvalue weighted by atomic mass is 10.2. The van der Waals surface area contributed by atoms with Gasteiger partial charge in [0.05, 0.1) is 4.90 Å². The minimum atomic E-state index is -3.57. The fraction of sp³-hybridized carbons (Fsp3) is 0.200. The van der Waals surface area contributed by atoms with Gasteiger partial charge in [0.1, 0.15) is 0 Å². The number of halogens is 1. The van der Waals surface area contributed by atoms with Crippen LogP contribution in [0.4, 0.5) is 11.4 Å². The summed E-state index contributed by atoms with van der Waals surface area (Å²) in [4.78, 5) is 0.274. The minimum absolute atomic E-state index is 0.274. The minimum Gasteiger partial charge on any atom is -0.384 e. The number of benzene rings is 2. The van der Waals surface area contributed by atoms with E-state index in [-0.39, 0.29) is 4.90 Å². The fourth-order valence-corrected chi connectivity index (χ4v) is 3.68. The van der Waals surface area contributed by atoms with Crippen LogP contribution < -0.4 is 10.0 Å². The van der Waals surface area contributed by atoms with E-state index in [2.05, 4.69) is 26.0 Å². The molecule has 2 aromatic rings. The molecule has 110 valence electrons. The Bertz CT molecular complexity index is 803. The number of nitrogens with one attached hydrogen (secondary N) is 2. The number of hydrogen-bond donors (Lipinski definition) is 2. The Balaban J connectivity index is 1.91. The second kappa shape index (κ2) is 5.35. The monoisotopic (exact) mass is 366 g/mol. The van der Waals surface area contributed by atoms with Crippen LogP contribution in [0.1, 0.15) is 11.1 Å². The highest BCUT2D eigenvalue weighted by atomic mass is 79.9. The Morgan fingerprint density at radius 3 is 2.76 bits per heavy atom. The summed E-state index contributed by atoms with van der Waals surface area (Å²) in [5, 5.41) is 3.19. The van der Waals surface area contributed by atoms with Crippen molar-refractivity contribution in [1.29, 1.82) is 0 Å². The maximum atomic E-state index is 12.4. The van der Waals surface area contributed by atoms with Crippen molar-refractivity contribution >= 4 is 37.3 Å². The molecule has 0 amide bonds. The smallest absolute Gasteiger partial charge is 0.261 e. The molecule has 0 radical (unpaired) electrons. The largest absolute Gasteiger partial charge is 0.384 e. The van der Waals surface area contributed by atoms with Crippen molar-refractivity contribution < 1.29 is 8.42 Å². The Morgan fingerprint density at radius 1 is 1.19 bits per heavy atom. The molecule has 1 aliphatic rings. The topological polar surface area (TPSA) is 58.2 Å². The van der Waals surface area contributed by atoms with Crippen LogP contribution in [0.25, 0.3) is 0 Å². The highest BCUT2D eigenvalue weighted by Gasteiger charge is 2.18. The van der Waals surface area contributed by atoms with Gasteiger partial charge < -0.3 is 5.32 Å². The molecule has 2 aromatic carbocycles. The number of anilines is 2. The first kappa shape index (κ1) is 14.4. The highest BCUT2D eigenvalue weighted by molar-refractivity contribution is 9.10. The van der Waals surface area contributed by atoms with Crippen LogP contribution >= 0.6 is 15.9 Å².